The Labute approximate surface area is 106 Å². The van der Waals surface area contributed by atoms with Gasteiger partial charge in [-0.1, -0.05) is 6.07 Å². The van der Waals surface area contributed by atoms with Crippen molar-refractivity contribution in [3.63, 3.8) is 0 Å². The van der Waals surface area contributed by atoms with E-state index in [0.717, 1.165) is 12.1 Å². The van der Waals surface area contributed by atoms with Crippen LogP contribution in [0.3, 0.4) is 0 Å². The van der Waals surface area contributed by atoms with Crippen LogP contribution in [0.1, 0.15) is 11.7 Å². The maximum Gasteiger partial charge on any atom is 0.573 e. The van der Waals surface area contributed by atoms with Gasteiger partial charge in [0, 0.05) is 31.4 Å². The lowest BCUT2D eigenvalue weighted by molar-refractivity contribution is -0.275. The minimum absolute atomic E-state index is 0.376. The molecule has 0 aliphatic carbocycles. The number of aliphatic carboxylic acids is 1. The van der Waals surface area contributed by atoms with Crippen molar-refractivity contribution in [1.29, 1.82) is 0 Å². The van der Waals surface area contributed by atoms with E-state index in [-0.39, 0.29) is 0 Å². The van der Waals surface area contributed by atoms with E-state index in [0.29, 0.717) is 5.69 Å². The highest BCUT2D eigenvalue weighted by Crippen LogP contribution is 2.33. The van der Waals surface area contributed by atoms with E-state index in [2.05, 4.69) is 4.74 Å². The summed E-state index contributed by atoms with van der Waals surface area (Å²) in [5.41, 5.74) is -0.0870. The molecule has 0 heterocycles. The fourth-order valence-corrected chi connectivity index (χ4v) is 1.37. The first kappa shape index (κ1) is 15.1. The van der Waals surface area contributed by atoms with Crippen LogP contribution >= 0.6 is 0 Å². The van der Waals surface area contributed by atoms with E-state index in [1.54, 1.807) is 14.1 Å². The number of benzene rings is 1. The van der Waals surface area contributed by atoms with Crippen LogP contribution in [0.15, 0.2) is 18.2 Å². The summed E-state index contributed by atoms with van der Waals surface area (Å²) in [5.74, 6) is -2.40. The number of ether oxygens (including phenoxy) is 1. The van der Waals surface area contributed by atoms with Crippen LogP contribution < -0.4 is 9.64 Å². The number of alkyl halides is 3. The normalized spacial score (nSPS) is 12.9. The van der Waals surface area contributed by atoms with Gasteiger partial charge < -0.3 is 19.8 Å². The number of carboxylic acids is 1. The number of hydrogen-bond acceptors (Lipinski definition) is 4. The van der Waals surface area contributed by atoms with Crippen LogP contribution in [0.25, 0.3) is 0 Å². The van der Waals surface area contributed by atoms with Gasteiger partial charge in [0.1, 0.15) is 5.75 Å². The monoisotopic (exact) mass is 279 g/mol. The van der Waals surface area contributed by atoms with Crippen LogP contribution in [-0.2, 0) is 4.79 Å². The first-order chi connectivity index (χ1) is 8.61. The van der Waals surface area contributed by atoms with Crippen molar-refractivity contribution in [2.75, 3.05) is 19.0 Å². The largest absolute Gasteiger partial charge is 0.573 e. The van der Waals surface area contributed by atoms with Gasteiger partial charge >= 0.3 is 12.3 Å². The van der Waals surface area contributed by atoms with Crippen molar-refractivity contribution in [2.45, 2.75) is 12.5 Å². The zero-order chi connectivity index (χ0) is 14.8. The number of carboxylic acid groups (broad SMARTS) is 1. The zero-order valence-corrected chi connectivity index (χ0v) is 10.1. The van der Waals surface area contributed by atoms with Crippen LogP contribution in [0, 0.1) is 0 Å². The Morgan fingerprint density at radius 3 is 2.37 bits per heavy atom. The van der Waals surface area contributed by atoms with Gasteiger partial charge in [-0.15, -0.1) is 13.2 Å². The van der Waals surface area contributed by atoms with Crippen molar-refractivity contribution in [3.8, 4) is 5.75 Å². The highest BCUT2D eigenvalue weighted by atomic mass is 19.4. The van der Waals surface area contributed by atoms with Crippen molar-refractivity contribution < 1.29 is 32.9 Å². The number of carbonyl (C=O) groups is 1. The van der Waals surface area contributed by atoms with Gasteiger partial charge in [0.15, 0.2) is 6.10 Å². The molecule has 0 spiro atoms. The van der Waals surface area contributed by atoms with Gasteiger partial charge in [-0.2, -0.15) is 0 Å². The molecule has 1 unspecified atom stereocenters. The summed E-state index contributed by atoms with van der Waals surface area (Å²) in [4.78, 5) is 12.2. The van der Waals surface area contributed by atoms with Gasteiger partial charge in [0.05, 0.1) is 0 Å². The van der Waals surface area contributed by atoms with E-state index >= 15 is 0 Å². The third-order valence-corrected chi connectivity index (χ3v) is 2.27. The molecule has 19 heavy (non-hydrogen) atoms. The van der Waals surface area contributed by atoms with E-state index in [4.69, 9.17) is 5.11 Å². The van der Waals surface area contributed by atoms with Gasteiger partial charge in [-0.3, -0.25) is 0 Å². The summed E-state index contributed by atoms with van der Waals surface area (Å²) >= 11 is 0. The molecule has 0 aliphatic heterocycles. The molecular formula is C11H12F3NO4. The predicted octanol–water partition coefficient (Wildman–Crippen LogP) is 1.77. The molecule has 0 saturated heterocycles. The molecule has 2 N–H and O–H groups in total. The Balaban J connectivity index is 3.26. The number of anilines is 1. The van der Waals surface area contributed by atoms with E-state index in [9.17, 15) is 23.1 Å². The molecule has 0 saturated carbocycles. The number of nitrogens with zero attached hydrogens (tertiary/aromatic N) is 1. The summed E-state index contributed by atoms with van der Waals surface area (Å²) < 4.78 is 40.5. The molecular weight excluding hydrogens is 267 g/mol. The fraction of sp³-hybridized carbons (Fsp3) is 0.364. The standard InChI is InChI=1S/C11H12F3NO4/c1-15(2)6-3-4-7(9(16)10(17)18)8(5-6)19-11(12,13)14/h3-5,9,16H,1-2H3,(H,17,18). The number of halogens is 3. The molecule has 5 nitrogen and oxygen atoms in total. The second kappa shape index (κ2) is 5.35. The molecule has 8 heteroatoms. The van der Waals surface area contributed by atoms with Gasteiger partial charge in [0.25, 0.3) is 0 Å². The molecule has 106 valence electrons. The van der Waals surface area contributed by atoms with E-state index in [1.807, 2.05) is 0 Å². The lowest BCUT2D eigenvalue weighted by Crippen LogP contribution is -2.21. The smallest absolute Gasteiger partial charge is 0.479 e. The summed E-state index contributed by atoms with van der Waals surface area (Å²) in [6.07, 6.45) is -7.06. The fourth-order valence-electron chi connectivity index (χ4n) is 1.37. The molecule has 1 aromatic rings. The van der Waals surface area contributed by atoms with E-state index in [1.165, 1.54) is 11.0 Å². The number of aliphatic hydroxyl groups is 1. The molecule has 0 bridgehead atoms. The zero-order valence-electron chi connectivity index (χ0n) is 10.1. The number of aliphatic hydroxyl groups excluding tert-OH is 1. The third kappa shape index (κ3) is 4.02. The maximum atomic E-state index is 12.3. The van der Waals surface area contributed by atoms with Gasteiger partial charge in [-0.25, -0.2) is 4.79 Å². The first-order valence-corrected chi connectivity index (χ1v) is 5.09. The van der Waals surface area contributed by atoms with Crippen LogP contribution in [-0.4, -0.2) is 36.6 Å². The Hall–Kier alpha value is -1.96. The first-order valence-electron chi connectivity index (χ1n) is 5.09. The van der Waals surface area contributed by atoms with Crippen molar-refractivity contribution >= 4 is 11.7 Å². The maximum absolute atomic E-state index is 12.3. The number of hydrogen-bond donors (Lipinski definition) is 2. The summed E-state index contributed by atoms with van der Waals surface area (Å²) in [6, 6.07) is 3.47. The SMILES string of the molecule is CN(C)c1ccc(C(O)C(=O)O)c(OC(F)(F)F)c1. The van der Waals surface area contributed by atoms with Crippen molar-refractivity contribution in [1.82, 2.24) is 0 Å². The van der Waals surface area contributed by atoms with E-state index < -0.39 is 29.7 Å². The second-order valence-electron chi connectivity index (χ2n) is 3.91. The molecule has 0 fully saturated rings. The Morgan fingerprint density at radius 1 is 1.37 bits per heavy atom. The predicted molar refractivity (Wildman–Crippen MR) is 60.0 cm³/mol. The molecule has 1 aromatic carbocycles. The third-order valence-electron chi connectivity index (χ3n) is 2.27. The van der Waals surface area contributed by atoms with Crippen molar-refractivity contribution in [3.05, 3.63) is 23.8 Å². The summed E-state index contributed by atoms with van der Waals surface area (Å²) in [6.45, 7) is 0. The molecule has 0 amide bonds. The summed E-state index contributed by atoms with van der Waals surface area (Å²) in [7, 11) is 3.19. The molecule has 1 rings (SSSR count). The Morgan fingerprint density at radius 2 is 1.95 bits per heavy atom. The average Bonchev–Trinajstić information content (AvgIpc) is 2.25. The van der Waals surface area contributed by atoms with Crippen LogP contribution in [0.5, 0.6) is 5.75 Å². The lowest BCUT2D eigenvalue weighted by atomic mass is 10.1. The van der Waals surface area contributed by atoms with Crippen LogP contribution in [0.2, 0.25) is 0 Å². The van der Waals surface area contributed by atoms with Crippen LogP contribution in [0.4, 0.5) is 18.9 Å². The van der Waals surface area contributed by atoms with Gasteiger partial charge in [0.2, 0.25) is 0 Å². The highest BCUT2D eigenvalue weighted by molar-refractivity contribution is 5.75. The minimum Gasteiger partial charge on any atom is -0.479 e. The molecule has 0 aromatic heterocycles. The highest BCUT2D eigenvalue weighted by Gasteiger charge is 2.34. The summed E-state index contributed by atoms with van der Waals surface area (Å²) in [5, 5.41) is 18.0. The molecule has 0 aliphatic rings. The Kier molecular flexibility index (Phi) is 4.25. The molecule has 0 radical (unpaired) electrons. The quantitative estimate of drug-likeness (QED) is 0.879. The van der Waals surface area contributed by atoms with Crippen molar-refractivity contribution in [2.24, 2.45) is 0 Å². The average molecular weight is 279 g/mol. The molecule has 1 atom stereocenters. The number of rotatable bonds is 4. The van der Waals surface area contributed by atoms with Gasteiger partial charge in [-0.05, 0) is 6.07 Å². The second-order valence-corrected chi connectivity index (χ2v) is 3.91. The Bertz CT molecular complexity index is 473. The minimum atomic E-state index is -4.97. The topological polar surface area (TPSA) is 70.0 Å². The lowest BCUT2D eigenvalue weighted by Gasteiger charge is -2.19.